The number of piperidine rings is 1. The van der Waals surface area contributed by atoms with Crippen LogP contribution in [-0.4, -0.2) is 62.9 Å². The third kappa shape index (κ3) is 4.14. The van der Waals surface area contributed by atoms with Crippen molar-refractivity contribution in [3.05, 3.63) is 53.4 Å². The summed E-state index contributed by atoms with van der Waals surface area (Å²) in [7, 11) is 0. The number of carbonyl (C=O) groups is 2. The maximum atomic E-state index is 13.4. The number of aromatic nitrogens is 2. The van der Waals surface area contributed by atoms with Gasteiger partial charge in [0.1, 0.15) is 11.6 Å². The van der Waals surface area contributed by atoms with Crippen LogP contribution in [0.25, 0.3) is 0 Å². The summed E-state index contributed by atoms with van der Waals surface area (Å²) in [5.74, 6) is -2.30. The molecule has 0 radical (unpaired) electrons. The predicted molar refractivity (Wildman–Crippen MR) is 99.5 cm³/mol. The molecule has 3 heterocycles. The number of nitrogens with zero attached hydrogens (tertiary/aromatic N) is 4. The average Bonchev–Trinajstić information content (AvgIpc) is 3.29. The van der Waals surface area contributed by atoms with Crippen molar-refractivity contribution in [3.63, 3.8) is 0 Å². The number of hydrogen-bond donors (Lipinski definition) is 1. The first-order valence-electron chi connectivity index (χ1n) is 9.59. The SMILES string of the molecule is O=C(O)c1ccn(C(=O)N2CCC3(CCN(Cc4cc(F)cc(F)c4)C3)CC2)n1. The Morgan fingerprint density at radius 1 is 1.07 bits per heavy atom. The van der Waals surface area contributed by atoms with E-state index in [1.54, 1.807) is 4.90 Å². The zero-order chi connectivity index (χ0) is 20.6. The zero-order valence-electron chi connectivity index (χ0n) is 15.9. The first kappa shape index (κ1) is 19.5. The van der Waals surface area contributed by atoms with E-state index in [1.807, 2.05) is 0 Å². The van der Waals surface area contributed by atoms with Crippen molar-refractivity contribution in [2.45, 2.75) is 25.8 Å². The first-order chi connectivity index (χ1) is 13.8. The van der Waals surface area contributed by atoms with Crippen LogP contribution >= 0.6 is 0 Å². The second kappa shape index (κ2) is 7.55. The summed E-state index contributed by atoms with van der Waals surface area (Å²) in [5, 5.41) is 12.7. The Kier molecular flexibility index (Phi) is 5.08. The molecular weight excluding hydrogens is 382 g/mol. The standard InChI is InChI=1S/C20H22F2N4O3/c21-15-9-14(10-16(22)11-15)12-24-6-2-20(13-24)3-7-25(8-4-20)19(29)26-5-1-17(23-26)18(27)28/h1,5,9-11H,2-4,6-8,12-13H2,(H,27,28). The lowest BCUT2D eigenvalue weighted by Gasteiger charge is -2.39. The van der Waals surface area contributed by atoms with E-state index in [1.165, 1.54) is 24.4 Å². The molecular formula is C20H22F2N4O3. The largest absolute Gasteiger partial charge is 0.476 e. The topological polar surface area (TPSA) is 78.7 Å². The minimum absolute atomic E-state index is 0.0962. The minimum Gasteiger partial charge on any atom is -0.476 e. The maximum Gasteiger partial charge on any atom is 0.356 e. The Bertz CT molecular complexity index is 917. The molecule has 0 unspecified atom stereocenters. The normalized spacial score (nSPS) is 19.0. The Hall–Kier alpha value is -2.81. The molecule has 1 spiro atoms. The van der Waals surface area contributed by atoms with Gasteiger partial charge in [0.05, 0.1) is 0 Å². The van der Waals surface area contributed by atoms with Gasteiger partial charge >= 0.3 is 12.0 Å². The van der Waals surface area contributed by atoms with Crippen LogP contribution in [0.2, 0.25) is 0 Å². The summed E-state index contributed by atoms with van der Waals surface area (Å²) in [4.78, 5) is 27.4. The molecule has 2 saturated heterocycles. The van der Waals surface area contributed by atoms with Gasteiger partial charge in [-0.3, -0.25) is 4.90 Å². The highest BCUT2D eigenvalue weighted by molar-refractivity contribution is 5.86. The van der Waals surface area contributed by atoms with E-state index >= 15 is 0 Å². The van der Waals surface area contributed by atoms with Crippen LogP contribution < -0.4 is 0 Å². The number of amides is 1. The van der Waals surface area contributed by atoms with Crippen molar-refractivity contribution < 1.29 is 23.5 Å². The summed E-state index contributed by atoms with van der Waals surface area (Å²) in [6, 6.07) is 4.59. The van der Waals surface area contributed by atoms with Gasteiger partial charge in [-0.15, -0.1) is 0 Å². The van der Waals surface area contributed by atoms with Crippen LogP contribution in [0.1, 0.15) is 35.3 Å². The molecule has 2 aliphatic heterocycles. The number of rotatable bonds is 3. The van der Waals surface area contributed by atoms with E-state index in [4.69, 9.17) is 5.11 Å². The van der Waals surface area contributed by atoms with Crippen molar-refractivity contribution in [3.8, 4) is 0 Å². The lowest BCUT2D eigenvalue weighted by Crippen LogP contribution is -2.45. The summed E-state index contributed by atoms with van der Waals surface area (Å²) in [6.07, 6.45) is 4.02. The van der Waals surface area contributed by atoms with Crippen LogP contribution in [0.5, 0.6) is 0 Å². The fraction of sp³-hybridized carbons (Fsp3) is 0.450. The number of benzene rings is 1. The van der Waals surface area contributed by atoms with Gasteiger partial charge in [-0.2, -0.15) is 9.78 Å². The molecule has 4 rings (SSSR count). The van der Waals surface area contributed by atoms with Crippen LogP contribution in [0.3, 0.4) is 0 Å². The van der Waals surface area contributed by atoms with Gasteiger partial charge in [0.2, 0.25) is 0 Å². The van der Waals surface area contributed by atoms with Crippen molar-refractivity contribution in [1.82, 2.24) is 19.6 Å². The van der Waals surface area contributed by atoms with Gasteiger partial charge in [0.15, 0.2) is 5.69 Å². The first-order valence-corrected chi connectivity index (χ1v) is 9.59. The molecule has 154 valence electrons. The number of aromatic carboxylic acids is 1. The van der Waals surface area contributed by atoms with Gasteiger partial charge in [0.25, 0.3) is 0 Å². The molecule has 1 N–H and O–H groups in total. The van der Waals surface area contributed by atoms with Crippen molar-refractivity contribution in [2.75, 3.05) is 26.2 Å². The highest BCUT2D eigenvalue weighted by Crippen LogP contribution is 2.41. The second-order valence-electron chi connectivity index (χ2n) is 7.96. The molecule has 9 heteroatoms. The van der Waals surface area contributed by atoms with E-state index in [0.717, 1.165) is 43.1 Å². The highest BCUT2D eigenvalue weighted by Gasteiger charge is 2.41. The van der Waals surface area contributed by atoms with Crippen LogP contribution in [-0.2, 0) is 6.54 Å². The Balaban J connectivity index is 1.34. The van der Waals surface area contributed by atoms with E-state index < -0.39 is 17.6 Å². The van der Waals surface area contributed by atoms with Gasteiger partial charge in [0, 0.05) is 38.4 Å². The molecule has 0 aliphatic carbocycles. The highest BCUT2D eigenvalue weighted by atomic mass is 19.1. The molecule has 0 atom stereocenters. The fourth-order valence-corrected chi connectivity index (χ4v) is 4.39. The third-order valence-electron chi connectivity index (χ3n) is 5.94. The quantitative estimate of drug-likeness (QED) is 0.851. The van der Waals surface area contributed by atoms with Crippen LogP contribution in [0, 0.1) is 17.0 Å². The molecule has 2 fully saturated rings. The van der Waals surface area contributed by atoms with Crippen LogP contribution in [0.4, 0.5) is 13.6 Å². The monoisotopic (exact) mass is 404 g/mol. The van der Waals surface area contributed by atoms with Gasteiger partial charge in [-0.25, -0.2) is 18.4 Å². The van der Waals surface area contributed by atoms with Gasteiger partial charge < -0.3 is 10.0 Å². The third-order valence-corrected chi connectivity index (χ3v) is 5.94. The molecule has 2 aliphatic rings. The van der Waals surface area contributed by atoms with E-state index in [-0.39, 0.29) is 17.1 Å². The molecule has 7 nitrogen and oxygen atoms in total. The van der Waals surface area contributed by atoms with E-state index in [9.17, 15) is 18.4 Å². The summed E-state index contributed by atoms with van der Waals surface area (Å²) in [6.45, 7) is 3.34. The molecule has 1 aromatic heterocycles. The second-order valence-corrected chi connectivity index (χ2v) is 7.96. The van der Waals surface area contributed by atoms with Crippen molar-refractivity contribution >= 4 is 12.0 Å². The lowest BCUT2D eigenvalue weighted by molar-refractivity contribution is 0.0689. The number of hydrogen-bond acceptors (Lipinski definition) is 4. The van der Waals surface area contributed by atoms with Gasteiger partial charge in [-0.1, -0.05) is 0 Å². The number of likely N-dealkylation sites (tertiary alicyclic amines) is 2. The van der Waals surface area contributed by atoms with Crippen molar-refractivity contribution in [2.24, 2.45) is 5.41 Å². The average molecular weight is 404 g/mol. The molecule has 1 amide bonds. The van der Waals surface area contributed by atoms with Crippen molar-refractivity contribution in [1.29, 1.82) is 0 Å². The Morgan fingerprint density at radius 3 is 2.34 bits per heavy atom. The maximum absolute atomic E-state index is 13.4. The summed E-state index contributed by atoms with van der Waals surface area (Å²) >= 11 is 0. The lowest BCUT2D eigenvalue weighted by atomic mass is 9.78. The minimum atomic E-state index is -1.17. The Morgan fingerprint density at radius 2 is 1.72 bits per heavy atom. The summed E-state index contributed by atoms with van der Waals surface area (Å²) < 4.78 is 27.9. The van der Waals surface area contributed by atoms with Gasteiger partial charge in [-0.05, 0) is 55.0 Å². The Labute approximate surface area is 166 Å². The number of halogens is 2. The van der Waals surface area contributed by atoms with E-state index in [2.05, 4.69) is 10.00 Å². The van der Waals surface area contributed by atoms with E-state index in [0.29, 0.717) is 25.2 Å². The number of carboxylic acids is 1. The molecule has 0 bridgehead atoms. The smallest absolute Gasteiger partial charge is 0.356 e. The van der Waals surface area contributed by atoms with Crippen LogP contribution in [0.15, 0.2) is 30.5 Å². The number of carbonyl (C=O) groups excluding carboxylic acids is 1. The fourth-order valence-electron chi connectivity index (χ4n) is 4.39. The number of carboxylic acid groups (broad SMARTS) is 1. The predicted octanol–water partition coefficient (Wildman–Crippen LogP) is 2.82. The summed E-state index contributed by atoms with van der Waals surface area (Å²) in [5.41, 5.74) is 0.561. The molecule has 1 aromatic carbocycles. The molecule has 2 aromatic rings. The molecule has 29 heavy (non-hydrogen) atoms. The molecule has 0 saturated carbocycles. The zero-order valence-corrected chi connectivity index (χ0v) is 15.9.